The predicted molar refractivity (Wildman–Crippen MR) is 105 cm³/mol. The molecule has 10 nitrogen and oxygen atoms in total. The van der Waals surface area contributed by atoms with Crippen molar-refractivity contribution in [2.24, 2.45) is 0 Å². The minimum Gasteiger partial charge on any atom is -0.315 e. The molecule has 11 heteroatoms. The van der Waals surface area contributed by atoms with Crippen molar-refractivity contribution < 1.29 is 9.72 Å². The van der Waals surface area contributed by atoms with Gasteiger partial charge in [-0.15, -0.1) is 5.10 Å². The SMILES string of the molecule is O=C(Nc1ccc(Cl)cc1)N1CCn2c(nn(-c3ccc([N+](=O)[O-])cc3)c2=O)C1. The summed E-state index contributed by atoms with van der Waals surface area (Å²) in [6.45, 7) is 0.808. The van der Waals surface area contributed by atoms with Gasteiger partial charge in [-0.25, -0.2) is 9.59 Å². The zero-order valence-corrected chi connectivity index (χ0v) is 15.7. The normalized spacial score (nSPS) is 13.1. The van der Waals surface area contributed by atoms with Crippen LogP contribution in [0.2, 0.25) is 5.02 Å². The van der Waals surface area contributed by atoms with Crippen LogP contribution < -0.4 is 11.0 Å². The lowest BCUT2D eigenvalue weighted by Crippen LogP contribution is -2.42. The average molecular weight is 415 g/mol. The molecular weight excluding hydrogens is 400 g/mol. The first-order valence-electron chi connectivity index (χ1n) is 8.67. The number of hydrogen-bond donors (Lipinski definition) is 1. The number of carbonyl (C=O) groups is 1. The third kappa shape index (κ3) is 3.69. The molecule has 1 aliphatic rings. The Morgan fingerprint density at radius 3 is 2.45 bits per heavy atom. The number of amides is 2. The van der Waals surface area contributed by atoms with Crippen LogP contribution in [0, 0.1) is 10.1 Å². The fourth-order valence-electron chi connectivity index (χ4n) is 3.04. The first kappa shape index (κ1) is 18.7. The van der Waals surface area contributed by atoms with Gasteiger partial charge in [-0.1, -0.05) is 11.6 Å². The molecule has 0 saturated heterocycles. The van der Waals surface area contributed by atoms with E-state index in [4.69, 9.17) is 11.6 Å². The molecule has 0 fully saturated rings. The number of benzene rings is 2. The van der Waals surface area contributed by atoms with Crippen molar-refractivity contribution in [1.29, 1.82) is 0 Å². The number of aromatic nitrogens is 3. The number of nitrogens with zero attached hydrogens (tertiary/aromatic N) is 5. The molecule has 3 aromatic rings. The summed E-state index contributed by atoms with van der Waals surface area (Å²) in [5.41, 5.74) is 0.598. The first-order chi connectivity index (χ1) is 13.9. The minimum absolute atomic E-state index is 0.0733. The van der Waals surface area contributed by atoms with E-state index in [9.17, 15) is 19.7 Å². The number of urea groups is 1. The number of carbonyl (C=O) groups excluding carboxylic acids is 1. The Labute approximate surface area is 169 Å². The maximum atomic E-state index is 12.6. The van der Waals surface area contributed by atoms with Gasteiger partial charge >= 0.3 is 11.7 Å². The number of nitrogens with one attached hydrogen (secondary N) is 1. The largest absolute Gasteiger partial charge is 0.350 e. The summed E-state index contributed by atoms with van der Waals surface area (Å²) in [7, 11) is 0. The summed E-state index contributed by atoms with van der Waals surface area (Å²) in [5, 5.41) is 18.4. The van der Waals surface area contributed by atoms with Gasteiger partial charge in [0.15, 0.2) is 5.82 Å². The average Bonchev–Trinajstić information content (AvgIpc) is 3.05. The molecule has 1 N–H and O–H groups in total. The van der Waals surface area contributed by atoms with Crippen LogP contribution in [-0.4, -0.2) is 36.7 Å². The van der Waals surface area contributed by atoms with Crippen LogP contribution in [0.3, 0.4) is 0 Å². The summed E-state index contributed by atoms with van der Waals surface area (Å²) in [4.78, 5) is 37.0. The summed E-state index contributed by atoms with van der Waals surface area (Å²) in [6.07, 6.45) is 0. The standard InChI is InChI=1S/C18H15ClN6O4/c19-12-1-3-13(4-2-12)20-17(26)22-9-10-23-16(11-22)21-24(18(23)27)14-5-7-15(8-6-14)25(28)29/h1-8H,9-11H2,(H,20,26). The predicted octanol–water partition coefficient (Wildman–Crippen LogP) is 2.64. The van der Waals surface area contributed by atoms with Gasteiger partial charge in [0.2, 0.25) is 0 Å². The van der Waals surface area contributed by atoms with Gasteiger partial charge in [-0.2, -0.15) is 4.68 Å². The molecule has 1 aliphatic heterocycles. The highest BCUT2D eigenvalue weighted by atomic mass is 35.5. The number of anilines is 1. The van der Waals surface area contributed by atoms with Crippen molar-refractivity contribution in [2.45, 2.75) is 13.1 Å². The maximum absolute atomic E-state index is 12.6. The molecule has 29 heavy (non-hydrogen) atoms. The number of nitro groups is 1. The second kappa shape index (κ2) is 7.40. The molecule has 0 saturated carbocycles. The van der Waals surface area contributed by atoms with Gasteiger partial charge in [0, 0.05) is 35.9 Å². The molecule has 2 aromatic carbocycles. The maximum Gasteiger partial charge on any atom is 0.350 e. The van der Waals surface area contributed by atoms with Crippen LogP contribution >= 0.6 is 11.6 Å². The fourth-order valence-corrected chi connectivity index (χ4v) is 3.17. The van der Waals surface area contributed by atoms with Crippen LogP contribution in [0.15, 0.2) is 53.3 Å². The van der Waals surface area contributed by atoms with E-state index in [1.165, 1.54) is 33.5 Å². The molecule has 4 rings (SSSR count). The van der Waals surface area contributed by atoms with Gasteiger partial charge in [0.1, 0.15) is 0 Å². The molecule has 1 aromatic heterocycles. The van der Waals surface area contributed by atoms with Crippen molar-refractivity contribution in [3.05, 3.63) is 80.0 Å². The van der Waals surface area contributed by atoms with Crippen LogP contribution in [0.4, 0.5) is 16.2 Å². The highest BCUT2D eigenvalue weighted by molar-refractivity contribution is 6.30. The van der Waals surface area contributed by atoms with Gasteiger partial charge in [0.05, 0.1) is 17.2 Å². The van der Waals surface area contributed by atoms with E-state index in [2.05, 4.69) is 10.4 Å². The lowest BCUT2D eigenvalue weighted by Gasteiger charge is -2.26. The number of nitro benzene ring substituents is 1. The van der Waals surface area contributed by atoms with Crippen LogP contribution in [0.5, 0.6) is 0 Å². The van der Waals surface area contributed by atoms with Crippen molar-refractivity contribution >= 4 is 29.0 Å². The van der Waals surface area contributed by atoms with E-state index in [1.807, 2.05) is 0 Å². The topological polar surface area (TPSA) is 115 Å². The number of non-ortho nitro benzene ring substituents is 1. The molecule has 0 aliphatic carbocycles. The van der Waals surface area contributed by atoms with Crippen LogP contribution in [0.25, 0.3) is 5.69 Å². The fraction of sp³-hybridized carbons (Fsp3) is 0.167. The van der Waals surface area contributed by atoms with Crippen LogP contribution in [-0.2, 0) is 13.1 Å². The molecule has 0 radical (unpaired) electrons. The molecule has 2 amide bonds. The summed E-state index contributed by atoms with van der Waals surface area (Å²) in [6, 6.07) is 12.0. The summed E-state index contributed by atoms with van der Waals surface area (Å²) >= 11 is 5.85. The van der Waals surface area contributed by atoms with E-state index in [0.717, 1.165) is 0 Å². The Kier molecular flexibility index (Phi) is 4.77. The first-order valence-corrected chi connectivity index (χ1v) is 9.05. The van der Waals surface area contributed by atoms with Gasteiger partial charge in [-0.3, -0.25) is 14.7 Å². The van der Waals surface area contributed by atoms with E-state index in [-0.39, 0.29) is 24.0 Å². The lowest BCUT2D eigenvalue weighted by molar-refractivity contribution is -0.384. The molecule has 148 valence electrons. The van der Waals surface area contributed by atoms with Gasteiger partial charge in [-0.05, 0) is 36.4 Å². The molecule has 0 bridgehead atoms. The Hall–Kier alpha value is -3.66. The summed E-state index contributed by atoms with van der Waals surface area (Å²) in [5.74, 6) is 0.436. The Morgan fingerprint density at radius 1 is 1.10 bits per heavy atom. The molecule has 0 atom stereocenters. The Bertz CT molecular complexity index is 1140. The smallest absolute Gasteiger partial charge is 0.315 e. The summed E-state index contributed by atoms with van der Waals surface area (Å²) < 4.78 is 2.67. The van der Waals surface area contributed by atoms with E-state index >= 15 is 0 Å². The highest BCUT2D eigenvalue weighted by Gasteiger charge is 2.25. The van der Waals surface area contributed by atoms with Crippen molar-refractivity contribution in [3.8, 4) is 5.69 Å². The van der Waals surface area contributed by atoms with Crippen molar-refractivity contribution in [1.82, 2.24) is 19.2 Å². The second-order valence-corrected chi connectivity index (χ2v) is 6.83. The van der Waals surface area contributed by atoms with E-state index < -0.39 is 4.92 Å². The number of rotatable bonds is 3. The Morgan fingerprint density at radius 2 is 1.79 bits per heavy atom. The zero-order chi connectivity index (χ0) is 20.5. The third-order valence-electron chi connectivity index (χ3n) is 4.55. The second-order valence-electron chi connectivity index (χ2n) is 6.39. The molecule has 0 unspecified atom stereocenters. The highest BCUT2D eigenvalue weighted by Crippen LogP contribution is 2.17. The monoisotopic (exact) mass is 414 g/mol. The van der Waals surface area contributed by atoms with Crippen molar-refractivity contribution in [2.75, 3.05) is 11.9 Å². The minimum atomic E-state index is -0.512. The van der Waals surface area contributed by atoms with Gasteiger partial charge in [0.25, 0.3) is 5.69 Å². The Balaban J connectivity index is 1.53. The van der Waals surface area contributed by atoms with E-state index in [1.54, 1.807) is 29.2 Å². The third-order valence-corrected chi connectivity index (χ3v) is 4.80. The quantitative estimate of drug-likeness (QED) is 0.522. The van der Waals surface area contributed by atoms with E-state index in [0.29, 0.717) is 35.3 Å². The van der Waals surface area contributed by atoms with Gasteiger partial charge < -0.3 is 10.2 Å². The lowest BCUT2D eigenvalue weighted by atomic mass is 10.3. The molecule has 2 heterocycles. The molecule has 0 spiro atoms. The van der Waals surface area contributed by atoms with Crippen LogP contribution in [0.1, 0.15) is 5.82 Å². The number of hydrogen-bond acceptors (Lipinski definition) is 5. The van der Waals surface area contributed by atoms with Crippen molar-refractivity contribution in [3.63, 3.8) is 0 Å². The number of halogens is 1. The number of fused-ring (bicyclic) bond motifs is 1. The molecular formula is C18H15ClN6O4. The zero-order valence-electron chi connectivity index (χ0n) is 15.0.